The van der Waals surface area contributed by atoms with Gasteiger partial charge in [-0.3, -0.25) is 9.59 Å². The van der Waals surface area contributed by atoms with Crippen molar-refractivity contribution >= 4 is 22.8 Å². The van der Waals surface area contributed by atoms with E-state index in [-0.39, 0.29) is 16.3 Å². The maximum Gasteiger partial charge on any atom is 0.224 e. The van der Waals surface area contributed by atoms with E-state index in [1.807, 2.05) is 18.2 Å². The number of hydrogen-bond donors (Lipinski definition) is 0. The van der Waals surface area contributed by atoms with Gasteiger partial charge in [-0.25, -0.2) is 0 Å². The molecule has 0 aliphatic carbocycles. The van der Waals surface area contributed by atoms with Crippen molar-refractivity contribution in [3.8, 4) is 11.5 Å². The number of carbonyl (C=O) groups is 2. The molecule has 0 N–H and O–H groups in total. The summed E-state index contributed by atoms with van der Waals surface area (Å²) in [7, 11) is 0. The zero-order valence-electron chi connectivity index (χ0n) is 11.8. The van der Waals surface area contributed by atoms with Crippen molar-refractivity contribution < 1.29 is 19.1 Å². The number of rotatable bonds is 3. The number of nitrogens with zero attached hydrogens (tertiary/aromatic N) is 1. The molecule has 1 unspecified atom stereocenters. The van der Waals surface area contributed by atoms with Crippen molar-refractivity contribution in [1.29, 1.82) is 0 Å². The van der Waals surface area contributed by atoms with Crippen LogP contribution in [0.25, 0.3) is 0 Å². The summed E-state index contributed by atoms with van der Waals surface area (Å²) in [6, 6.07) is 5.76. The van der Waals surface area contributed by atoms with Gasteiger partial charge in [0.1, 0.15) is 13.2 Å². The van der Waals surface area contributed by atoms with Crippen molar-refractivity contribution in [3.63, 3.8) is 0 Å². The van der Waals surface area contributed by atoms with Gasteiger partial charge in [-0.05, 0) is 17.7 Å². The molecule has 2 heterocycles. The maximum absolute atomic E-state index is 12.0. The molecule has 1 atom stereocenters. The van der Waals surface area contributed by atoms with Crippen LogP contribution in [0.1, 0.15) is 18.9 Å². The van der Waals surface area contributed by atoms with Gasteiger partial charge in [-0.1, -0.05) is 17.8 Å². The van der Waals surface area contributed by atoms with Gasteiger partial charge in [0.05, 0.1) is 0 Å². The first-order valence-electron chi connectivity index (χ1n) is 6.95. The molecule has 1 saturated heterocycles. The molecular weight excluding hydrogens is 290 g/mol. The Morgan fingerprint density at radius 3 is 2.86 bits per heavy atom. The Hall–Kier alpha value is -1.69. The number of amides is 1. The number of hydrogen-bond acceptors (Lipinski definition) is 5. The molecule has 1 aromatic carbocycles. The van der Waals surface area contributed by atoms with Crippen LogP contribution in [0.3, 0.4) is 0 Å². The van der Waals surface area contributed by atoms with Crippen LogP contribution in [0.2, 0.25) is 0 Å². The Morgan fingerprint density at radius 2 is 2.10 bits per heavy atom. The Labute approximate surface area is 127 Å². The minimum Gasteiger partial charge on any atom is -0.486 e. The molecule has 0 aromatic heterocycles. The third-order valence-electron chi connectivity index (χ3n) is 3.49. The van der Waals surface area contributed by atoms with Gasteiger partial charge in [0.2, 0.25) is 5.91 Å². The lowest BCUT2D eigenvalue weighted by Crippen LogP contribution is -2.25. The number of carbonyl (C=O) groups excluding carboxylic acids is 2. The molecular formula is C15H17NO4S. The number of thioether (sulfide) groups is 1. The Balaban J connectivity index is 1.66. The van der Waals surface area contributed by atoms with Crippen LogP contribution in [0.5, 0.6) is 11.5 Å². The van der Waals surface area contributed by atoms with Gasteiger partial charge in [0.25, 0.3) is 0 Å². The predicted octanol–water partition coefficient (Wildman–Crippen LogP) is 1.84. The second-order valence-corrected chi connectivity index (χ2v) is 6.67. The topological polar surface area (TPSA) is 55.8 Å². The molecule has 21 heavy (non-hydrogen) atoms. The zero-order valence-corrected chi connectivity index (χ0v) is 12.6. The van der Waals surface area contributed by atoms with Gasteiger partial charge in [-0.2, -0.15) is 0 Å². The highest BCUT2D eigenvalue weighted by atomic mass is 32.2. The normalized spacial score (nSPS) is 20.7. The largest absolute Gasteiger partial charge is 0.486 e. The summed E-state index contributed by atoms with van der Waals surface area (Å²) in [5, 5.41) is 0.140. The fraction of sp³-hybridized carbons (Fsp3) is 0.467. The lowest BCUT2D eigenvalue weighted by atomic mass is 10.2. The third kappa shape index (κ3) is 3.32. The van der Waals surface area contributed by atoms with Gasteiger partial charge in [0.15, 0.2) is 16.6 Å². The van der Waals surface area contributed by atoms with Gasteiger partial charge in [0, 0.05) is 31.7 Å². The summed E-state index contributed by atoms with van der Waals surface area (Å²) in [4.78, 5) is 24.9. The molecule has 2 aliphatic rings. The second kappa shape index (κ2) is 5.97. The molecule has 0 radical (unpaired) electrons. The molecule has 2 aliphatic heterocycles. The lowest BCUT2D eigenvalue weighted by molar-refractivity contribution is -0.128. The van der Waals surface area contributed by atoms with Crippen LogP contribution in [-0.4, -0.2) is 40.9 Å². The monoisotopic (exact) mass is 307 g/mol. The zero-order chi connectivity index (χ0) is 14.8. The van der Waals surface area contributed by atoms with E-state index >= 15 is 0 Å². The highest BCUT2D eigenvalue weighted by Crippen LogP contribution is 2.32. The van der Waals surface area contributed by atoms with Crippen LogP contribution in [-0.2, 0) is 16.1 Å². The van der Waals surface area contributed by atoms with E-state index in [1.54, 1.807) is 11.8 Å². The second-order valence-electron chi connectivity index (χ2n) is 5.19. The van der Waals surface area contributed by atoms with Crippen LogP contribution >= 0.6 is 11.8 Å². The molecule has 1 fully saturated rings. The Morgan fingerprint density at radius 1 is 1.33 bits per heavy atom. The minimum atomic E-state index is 0.0639. The SMILES string of the molecule is CC(=O)SC1CC(=O)N(Cc2ccc3c(c2)OCCO3)C1. The van der Waals surface area contributed by atoms with Crippen molar-refractivity contribution in [3.05, 3.63) is 23.8 Å². The van der Waals surface area contributed by atoms with Crippen molar-refractivity contribution in [2.24, 2.45) is 0 Å². The van der Waals surface area contributed by atoms with Gasteiger partial charge < -0.3 is 14.4 Å². The highest BCUT2D eigenvalue weighted by molar-refractivity contribution is 8.14. The van der Waals surface area contributed by atoms with E-state index in [4.69, 9.17) is 9.47 Å². The predicted molar refractivity (Wildman–Crippen MR) is 79.5 cm³/mol. The van der Waals surface area contributed by atoms with Crippen molar-refractivity contribution in [2.45, 2.75) is 25.1 Å². The first-order valence-corrected chi connectivity index (χ1v) is 7.83. The highest BCUT2D eigenvalue weighted by Gasteiger charge is 2.31. The first kappa shape index (κ1) is 14.3. The summed E-state index contributed by atoms with van der Waals surface area (Å²) >= 11 is 1.26. The van der Waals surface area contributed by atoms with Gasteiger partial charge >= 0.3 is 0 Å². The molecule has 5 nitrogen and oxygen atoms in total. The fourth-order valence-electron chi connectivity index (χ4n) is 2.61. The summed E-state index contributed by atoms with van der Waals surface area (Å²) in [5.74, 6) is 1.59. The van der Waals surface area contributed by atoms with E-state index in [1.165, 1.54) is 11.8 Å². The minimum absolute atomic E-state index is 0.0639. The standard InChI is InChI=1S/C15H17NO4S/c1-10(17)21-12-7-15(18)16(9-12)8-11-2-3-13-14(6-11)20-5-4-19-13/h2-3,6,12H,4-5,7-9H2,1H3. The van der Waals surface area contributed by atoms with Crippen molar-refractivity contribution in [2.75, 3.05) is 19.8 Å². The molecule has 1 amide bonds. The van der Waals surface area contributed by atoms with E-state index < -0.39 is 0 Å². The average Bonchev–Trinajstić information content (AvgIpc) is 2.77. The maximum atomic E-state index is 12.0. The van der Waals surface area contributed by atoms with Crippen LogP contribution in [0.4, 0.5) is 0 Å². The Bertz CT molecular complexity index is 575. The number of fused-ring (bicyclic) bond motifs is 1. The number of ether oxygens (including phenoxy) is 2. The number of benzene rings is 1. The molecule has 0 spiro atoms. The average molecular weight is 307 g/mol. The molecule has 0 bridgehead atoms. The summed E-state index contributed by atoms with van der Waals surface area (Å²) < 4.78 is 11.0. The fourth-order valence-corrected chi connectivity index (χ4v) is 3.56. The van der Waals surface area contributed by atoms with Crippen LogP contribution in [0, 0.1) is 0 Å². The lowest BCUT2D eigenvalue weighted by Gasteiger charge is -2.21. The Kier molecular flexibility index (Phi) is 4.05. The summed E-state index contributed by atoms with van der Waals surface area (Å²) in [6.45, 7) is 3.83. The van der Waals surface area contributed by atoms with E-state index in [0.29, 0.717) is 32.7 Å². The van der Waals surface area contributed by atoms with E-state index in [2.05, 4.69) is 0 Å². The van der Waals surface area contributed by atoms with Crippen molar-refractivity contribution in [1.82, 2.24) is 4.90 Å². The first-order chi connectivity index (χ1) is 10.1. The quantitative estimate of drug-likeness (QED) is 0.853. The van der Waals surface area contributed by atoms with Crippen LogP contribution < -0.4 is 9.47 Å². The molecule has 1 aromatic rings. The summed E-state index contributed by atoms with van der Waals surface area (Å²) in [5.41, 5.74) is 1.01. The summed E-state index contributed by atoms with van der Waals surface area (Å²) in [6.07, 6.45) is 0.439. The van der Waals surface area contributed by atoms with E-state index in [0.717, 1.165) is 17.1 Å². The molecule has 112 valence electrons. The van der Waals surface area contributed by atoms with E-state index in [9.17, 15) is 9.59 Å². The molecule has 0 saturated carbocycles. The smallest absolute Gasteiger partial charge is 0.224 e. The van der Waals surface area contributed by atoms with Crippen LogP contribution in [0.15, 0.2) is 18.2 Å². The number of likely N-dealkylation sites (tertiary alicyclic amines) is 1. The van der Waals surface area contributed by atoms with Gasteiger partial charge in [-0.15, -0.1) is 0 Å². The third-order valence-corrected chi connectivity index (χ3v) is 4.47. The molecule has 6 heteroatoms. The molecule has 3 rings (SSSR count).